The molecule has 1 aromatic heterocycles. The van der Waals surface area contributed by atoms with Crippen LogP contribution in [0.4, 0.5) is 5.82 Å². The van der Waals surface area contributed by atoms with Crippen molar-refractivity contribution < 1.29 is 0 Å². The summed E-state index contributed by atoms with van der Waals surface area (Å²) in [5.74, 6) is 0.918. The molecule has 18 heavy (non-hydrogen) atoms. The molecule has 0 atom stereocenters. The highest BCUT2D eigenvalue weighted by Gasteiger charge is 2.31. The maximum Gasteiger partial charge on any atom is 0.169 e. The Balaban J connectivity index is 2.18. The van der Waals surface area contributed by atoms with E-state index in [4.69, 9.17) is 28.9 Å². The molecule has 1 saturated carbocycles. The highest BCUT2D eigenvalue weighted by atomic mass is 35.5. The molecule has 0 aliphatic heterocycles. The first-order valence-electron chi connectivity index (χ1n) is 5.75. The van der Waals surface area contributed by atoms with Crippen LogP contribution in [-0.2, 0) is 0 Å². The third-order valence-corrected chi connectivity index (χ3v) is 3.86. The predicted octanol–water partition coefficient (Wildman–Crippen LogP) is 3.34. The van der Waals surface area contributed by atoms with E-state index < -0.39 is 0 Å². The van der Waals surface area contributed by atoms with Gasteiger partial charge in [0, 0.05) is 10.9 Å². The zero-order valence-corrected chi connectivity index (χ0v) is 11.3. The van der Waals surface area contributed by atoms with Crippen molar-refractivity contribution in [3.63, 3.8) is 0 Å². The zero-order valence-electron chi connectivity index (χ0n) is 9.82. The lowest BCUT2D eigenvalue weighted by Crippen LogP contribution is -2.04. The predicted molar refractivity (Wildman–Crippen MR) is 72.5 cm³/mol. The van der Waals surface area contributed by atoms with Gasteiger partial charge in [-0.25, -0.2) is 4.68 Å². The van der Waals surface area contributed by atoms with Gasteiger partial charge in [0.15, 0.2) is 5.82 Å². The number of halogens is 2. The molecule has 1 aromatic carbocycles. The molecule has 0 radical (unpaired) electrons. The van der Waals surface area contributed by atoms with Crippen LogP contribution >= 0.6 is 23.2 Å². The van der Waals surface area contributed by atoms with Crippen LogP contribution in [0.2, 0.25) is 10.0 Å². The molecule has 2 aromatic rings. The van der Waals surface area contributed by atoms with Gasteiger partial charge < -0.3 is 5.73 Å². The first-order chi connectivity index (χ1) is 8.58. The van der Waals surface area contributed by atoms with E-state index in [1.54, 1.807) is 10.7 Å². The molecular weight excluding hydrogens is 271 g/mol. The fraction of sp³-hybridized carbons (Fsp3) is 0.333. The van der Waals surface area contributed by atoms with Gasteiger partial charge >= 0.3 is 0 Å². The standard InChI is InChI=1S/C12H12Cl2N4/c1-6-4-9(14)10(5-8(6)13)18-11(7-2-3-7)12(15)16-17-18/h4-5,7H,2-3,15H2,1H3. The van der Waals surface area contributed by atoms with Crippen LogP contribution in [0, 0.1) is 6.92 Å². The summed E-state index contributed by atoms with van der Waals surface area (Å²) in [4.78, 5) is 0. The van der Waals surface area contributed by atoms with E-state index in [9.17, 15) is 0 Å². The average Bonchev–Trinajstić information content (AvgIpc) is 3.08. The Hall–Kier alpha value is -1.26. The normalized spacial score (nSPS) is 15.1. The van der Waals surface area contributed by atoms with E-state index in [0.29, 0.717) is 21.8 Å². The molecule has 1 fully saturated rings. The summed E-state index contributed by atoms with van der Waals surface area (Å²) in [7, 11) is 0. The molecule has 1 heterocycles. The van der Waals surface area contributed by atoms with Crippen molar-refractivity contribution in [2.24, 2.45) is 0 Å². The second kappa shape index (κ2) is 4.14. The molecule has 3 rings (SSSR count). The van der Waals surface area contributed by atoms with Crippen molar-refractivity contribution in [2.75, 3.05) is 5.73 Å². The summed E-state index contributed by atoms with van der Waals surface area (Å²) in [5.41, 5.74) is 8.48. The Kier molecular flexibility index (Phi) is 2.72. The summed E-state index contributed by atoms with van der Waals surface area (Å²) in [6.07, 6.45) is 2.24. The van der Waals surface area contributed by atoms with Crippen LogP contribution in [0.15, 0.2) is 12.1 Å². The van der Waals surface area contributed by atoms with Gasteiger partial charge in [0.2, 0.25) is 0 Å². The van der Waals surface area contributed by atoms with E-state index in [0.717, 1.165) is 29.8 Å². The lowest BCUT2D eigenvalue weighted by atomic mass is 10.2. The minimum atomic E-state index is 0.441. The van der Waals surface area contributed by atoms with Crippen molar-refractivity contribution in [3.8, 4) is 5.69 Å². The number of nitrogens with zero attached hydrogens (tertiary/aromatic N) is 3. The van der Waals surface area contributed by atoms with Crippen molar-refractivity contribution in [3.05, 3.63) is 33.4 Å². The topological polar surface area (TPSA) is 56.7 Å². The Bertz CT molecular complexity index is 617. The monoisotopic (exact) mass is 282 g/mol. The maximum atomic E-state index is 6.25. The van der Waals surface area contributed by atoms with Crippen LogP contribution in [0.5, 0.6) is 0 Å². The summed E-state index contributed by atoms with van der Waals surface area (Å²) < 4.78 is 1.71. The van der Waals surface area contributed by atoms with Crippen LogP contribution in [0.3, 0.4) is 0 Å². The number of aryl methyl sites for hydroxylation is 1. The van der Waals surface area contributed by atoms with Crippen LogP contribution in [0.25, 0.3) is 5.69 Å². The number of rotatable bonds is 2. The zero-order chi connectivity index (χ0) is 12.9. The van der Waals surface area contributed by atoms with E-state index in [1.165, 1.54) is 0 Å². The average molecular weight is 283 g/mol. The highest BCUT2D eigenvalue weighted by Crippen LogP contribution is 2.43. The van der Waals surface area contributed by atoms with E-state index in [2.05, 4.69) is 10.3 Å². The molecule has 0 bridgehead atoms. The summed E-state index contributed by atoms with van der Waals surface area (Å²) >= 11 is 12.4. The molecule has 4 nitrogen and oxygen atoms in total. The quantitative estimate of drug-likeness (QED) is 0.919. The number of hydrogen-bond acceptors (Lipinski definition) is 3. The Morgan fingerprint density at radius 2 is 2.00 bits per heavy atom. The van der Waals surface area contributed by atoms with E-state index in [1.807, 2.05) is 13.0 Å². The lowest BCUT2D eigenvalue weighted by Gasteiger charge is -2.09. The van der Waals surface area contributed by atoms with Gasteiger partial charge in [-0.15, -0.1) is 5.10 Å². The number of nitrogen functional groups attached to an aromatic ring is 1. The third-order valence-electron chi connectivity index (χ3n) is 3.15. The van der Waals surface area contributed by atoms with Gasteiger partial charge in [0.1, 0.15) is 0 Å². The Morgan fingerprint density at radius 1 is 1.28 bits per heavy atom. The van der Waals surface area contributed by atoms with Gasteiger partial charge in [-0.3, -0.25) is 0 Å². The number of aromatic nitrogens is 3. The molecule has 94 valence electrons. The van der Waals surface area contributed by atoms with Crippen molar-refractivity contribution in [1.82, 2.24) is 15.0 Å². The van der Waals surface area contributed by atoms with Crippen LogP contribution in [-0.4, -0.2) is 15.0 Å². The first kappa shape index (κ1) is 11.8. The fourth-order valence-corrected chi connectivity index (χ4v) is 2.47. The smallest absolute Gasteiger partial charge is 0.169 e. The Labute approximate surface area is 115 Å². The second-order valence-electron chi connectivity index (χ2n) is 4.60. The van der Waals surface area contributed by atoms with Gasteiger partial charge in [0.05, 0.1) is 16.4 Å². The number of nitrogens with two attached hydrogens (primary N) is 1. The highest BCUT2D eigenvalue weighted by molar-refractivity contribution is 6.35. The van der Waals surface area contributed by atoms with Crippen LogP contribution in [0.1, 0.15) is 30.0 Å². The van der Waals surface area contributed by atoms with Gasteiger partial charge in [-0.1, -0.05) is 28.4 Å². The molecule has 1 aliphatic carbocycles. The first-order valence-corrected chi connectivity index (χ1v) is 6.50. The molecule has 0 amide bonds. The lowest BCUT2D eigenvalue weighted by molar-refractivity contribution is 0.763. The molecule has 0 unspecified atom stereocenters. The number of anilines is 1. The summed E-state index contributed by atoms with van der Waals surface area (Å²) in [6.45, 7) is 1.91. The van der Waals surface area contributed by atoms with Gasteiger partial charge in [-0.2, -0.15) is 0 Å². The molecule has 2 N–H and O–H groups in total. The van der Waals surface area contributed by atoms with Crippen molar-refractivity contribution in [2.45, 2.75) is 25.7 Å². The minimum Gasteiger partial charge on any atom is -0.381 e. The largest absolute Gasteiger partial charge is 0.381 e. The molecule has 0 saturated heterocycles. The fourth-order valence-electron chi connectivity index (χ4n) is 2.02. The van der Waals surface area contributed by atoms with Crippen molar-refractivity contribution in [1.29, 1.82) is 0 Å². The van der Waals surface area contributed by atoms with Crippen LogP contribution < -0.4 is 5.73 Å². The maximum absolute atomic E-state index is 6.25. The van der Waals surface area contributed by atoms with Gasteiger partial charge in [0.25, 0.3) is 0 Å². The third kappa shape index (κ3) is 1.85. The number of hydrogen-bond donors (Lipinski definition) is 1. The van der Waals surface area contributed by atoms with Gasteiger partial charge in [-0.05, 0) is 37.5 Å². The van der Waals surface area contributed by atoms with E-state index in [-0.39, 0.29) is 0 Å². The molecular formula is C12H12Cl2N4. The van der Waals surface area contributed by atoms with E-state index >= 15 is 0 Å². The SMILES string of the molecule is Cc1cc(Cl)c(-n2nnc(N)c2C2CC2)cc1Cl. The number of benzene rings is 1. The summed E-state index contributed by atoms with van der Waals surface area (Å²) in [5, 5.41) is 9.27. The minimum absolute atomic E-state index is 0.441. The second-order valence-corrected chi connectivity index (χ2v) is 5.41. The molecule has 1 aliphatic rings. The Morgan fingerprint density at radius 3 is 2.67 bits per heavy atom. The molecule has 0 spiro atoms. The molecule has 6 heteroatoms. The van der Waals surface area contributed by atoms with Crippen molar-refractivity contribution >= 4 is 29.0 Å². The summed E-state index contributed by atoms with van der Waals surface area (Å²) in [6, 6.07) is 3.63.